The van der Waals surface area contributed by atoms with Gasteiger partial charge < -0.3 is 4.74 Å². The number of carbonyl (C=O) groups excluding carboxylic acids is 1. The maximum absolute atomic E-state index is 10.1. The summed E-state index contributed by atoms with van der Waals surface area (Å²) in [7, 11) is 0. The number of ether oxygens (including phenoxy) is 1. The fourth-order valence-corrected chi connectivity index (χ4v) is 0.360. The average Bonchev–Trinajstić information content (AvgIpc) is 1.89. The SMILES string of the molecule is CCCCOC(C)=O.[Br][Zn][Br]. The van der Waals surface area contributed by atoms with Crippen LogP contribution in [0.1, 0.15) is 26.7 Å². The van der Waals surface area contributed by atoms with E-state index in [0.29, 0.717) is 6.61 Å². The third-order valence-electron chi connectivity index (χ3n) is 0.803. The molecule has 0 aliphatic heterocycles. The van der Waals surface area contributed by atoms with Crippen LogP contribution in [-0.2, 0) is 22.7 Å². The van der Waals surface area contributed by atoms with Crippen LogP contribution < -0.4 is 0 Å². The van der Waals surface area contributed by atoms with Crippen LogP contribution in [0.15, 0.2) is 0 Å². The van der Waals surface area contributed by atoms with Crippen molar-refractivity contribution in [2.75, 3.05) is 6.61 Å². The zero-order valence-corrected chi connectivity index (χ0v) is 13.0. The molecule has 0 unspecified atom stereocenters. The Bertz CT molecular complexity index is 90.7. The molecule has 0 radical (unpaired) electrons. The van der Waals surface area contributed by atoms with Gasteiger partial charge in [-0.25, -0.2) is 0 Å². The third kappa shape index (κ3) is 24.7. The van der Waals surface area contributed by atoms with E-state index in [1.807, 2.05) is 0 Å². The van der Waals surface area contributed by atoms with Gasteiger partial charge in [-0.1, -0.05) is 13.3 Å². The molecule has 0 saturated heterocycles. The van der Waals surface area contributed by atoms with Crippen LogP contribution in [0.5, 0.6) is 0 Å². The van der Waals surface area contributed by atoms with Crippen molar-refractivity contribution in [2.45, 2.75) is 26.7 Å². The molecule has 0 atom stereocenters. The van der Waals surface area contributed by atoms with Crippen LogP contribution in [0.25, 0.3) is 0 Å². The molecule has 0 saturated carbocycles. The Labute approximate surface area is 88.8 Å². The van der Waals surface area contributed by atoms with E-state index in [0.717, 1.165) is 12.8 Å². The standard InChI is InChI=1S/C6H12O2.2BrH.Zn/c1-3-4-5-8-6(2)7;;;/h3-5H2,1-2H3;2*1H;/q;;;+2/p-2. The van der Waals surface area contributed by atoms with Gasteiger partial charge in [0, 0.05) is 6.92 Å². The molecule has 11 heavy (non-hydrogen) atoms. The first-order valence-electron chi connectivity index (χ1n) is 3.44. The Balaban J connectivity index is 0. The number of halogens is 2. The van der Waals surface area contributed by atoms with E-state index in [1.54, 1.807) is 0 Å². The number of hydrogen-bond donors (Lipinski definition) is 0. The molecule has 0 rings (SSSR count). The minimum atomic E-state index is -0.250. The summed E-state index contributed by atoms with van der Waals surface area (Å²) < 4.78 is 4.64. The summed E-state index contributed by atoms with van der Waals surface area (Å²) in [4.78, 5) is 10.1. The molecule has 5 heteroatoms. The molecule has 0 N–H and O–H groups in total. The molecule has 0 heterocycles. The van der Waals surface area contributed by atoms with E-state index in [1.165, 1.54) is 6.92 Å². The molecule has 0 aromatic rings. The Morgan fingerprint density at radius 2 is 2.00 bits per heavy atom. The fourth-order valence-electron chi connectivity index (χ4n) is 0.360. The molecular formula is C6H12Br2O2Zn. The molecule has 64 valence electrons. The number of unbranched alkanes of at least 4 members (excludes halogenated alkanes) is 1. The van der Waals surface area contributed by atoms with Gasteiger partial charge in [-0.2, -0.15) is 0 Å². The van der Waals surface area contributed by atoms with Gasteiger partial charge in [0.25, 0.3) is 0 Å². The predicted octanol–water partition coefficient (Wildman–Crippen LogP) is 3.04. The molecule has 0 aromatic heterocycles. The molecule has 2 nitrogen and oxygen atoms in total. The molecule has 0 amide bonds. The fraction of sp³-hybridized carbons (Fsp3) is 0.833. The topological polar surface area (TPSA) is 26.3 Å². The summed E-state index contributed by atoms with van der Waals surface area (Å²) in [5.41, 5.74) is 0. The van der Waals surface area contributed by atoms with Crippen molar-refractivity contribution in [3.05, 3.63) is 0 Å². The summed E-state index contributed by atoms with van der Waals surface area (Å²) in [6.45, 7) is 4.06. The quantitative estimate of drug-likeness (QED) is 0.448. The normalized spacial score (nSPS) is 7.27. The van der Waals surface area contributed by atoms with E-state index >= 15 is 0 Å². The van der Waals surface area contributed by atoms with E-state index < -0.39 is 0 Å². The van der Waals surface area contributed by atoms with Crippen LogP contribution in [0, 0.1) is 0 Å². The van der Waals surface area contributed by atoms with Gasteiger partial charge in [-0.3, -0.25) is 4.79 Å². The second kappa shape index (κ2) is 13.6. The Morgan fingerprint density at radius 3 is 2.27 bits per heavy atom. The van der Waals surface area contributed by atoms with E-state index in [2.05, 4.69) is 38.9 Å². The third-order valence-corrected chi connectivity index (χ3v) is 0.803. The first-order valence-corrected chi connectivity index (χ1v) is 17.3. The van der Waals surface area contributed by atoms with Crippen molar-refractivity contribution in [3.63, 3.8) is 0 Å². The number of rotatable bonds is 3. The maximum atomic E-state index is 10.1. The van der Waals surface area contributed by atoms with Crippen LogP contribution in [0.3, 0.4) is 0 Å². The van der Waals surface area contributed by atoms with Gasteiger partial charge in [0.05, 0.1) is 6.61 Å². The number of hydrogen-bond acceptors (Lipinski definition) is 2. The summed E-state index contributed by atoms with van der Waals surface area (Å²) in [5, 5.41) is 0. The van der Waals surface area contributed by atoms with Crippen LogP contribution in [0.4, 0.5) is 0 Å². The summed E-state index contributed by atoms with van der Waals surface area (Å²) in [6.07, 6.45) is 2.05. The van der Waals surface area contributed by atoms with Crippen LogP contribution >= 0.6 is 27.2 Å². The first kappa shape index (κ1) is 14.6. The van der Waals surface area contributed by atoms with Gasteiger partial charge in [0.1, 0.15) is 0 Å². The summed E-state index contributed by atoms with van der Waals surface area (Å²) in [5.74, 6) is -0.182. The monoisotopic (exact) mass is 338 g/mol. The number of esters is 1. The van der Waals surface area contributed by atoms with Crippen molar-refractivity contribution in [1.29, 1.82) is 0 Å². The van der Waals surface area contributed by atoms with E-state index in [9.17, 15) is 4.79 Å². The summed E-state index contributed by atoms with van der Waals surface area (Å²) >= 11 is 6.25. The molecule has 0 fully saturated rings. The van der Waals surface area contributed by atoms with Gasteiger partial charge in [-0.05, 0) is 6.42 Å². The van der Waals surface area contributed by atoms with Gasteiger partial charge >= 0.3 is 46.4 Å². The van der Waals surface area contributed by atoms with Crippen molar-refractivity contribution in [2.24, 2.45) is 0 Å². The molecule has 0 aliphatic carbocycles. The Morgan fingerprint density at radius 1 is 1.55 bits per heavy atom. The predicted molar refractivity (Wildman–Crippen MR) is 49.4 cm³/mol. The molecular weight excluding hydrogens is 329 g/mol. The van der Waals surface area contributed by atoms with Gasteiger partial charge in [0.2, 0.25) is 0 Å². The molecule has 0 aromatic carbocycles. The zero-order valence-electron chi connectivity index (χ0n) is 6.90. The second-order valence-corrected chi connectivity index (χ2v) is 15.9. The van der Waals surface area contributed by atoms with Crippen molar-refractivity contribution in [3.8, 4) is 0 Å². The molecule has 0 spiro atoms. The second-order valence-electron chi connectivity index (χ2n) is 1.79. The van der Waals surface area contributed by atoms with Crippen LogP contribution in [-0.4, -0.2) is 12.6 Å². The van der Waals surface area contributed by atoms with Gasteiger partial charge in [-0.15, -0.1) is 0 Å². The van der Waals surface area contributed by atoms with Crippen LogP contribution in [0.2, 0.25) is 0 Å². The molecule has 0 aliphatic rings. The Kier molecular flexibility index (Phi) is 18.1. The van der Waals surface area contributed by atoms with Crippen molar-refractivity contribution >= 4 is 33.2 Å². The average molecular weight is 341 g/mol. The first-order chi connectivity index (χ1) is 5.18. The number of carbonyl (C=O) groups is 1. The van der Waals surface area contributed by atoms with E-state index in [-0.39, 0.29) is 19.2 Å². The Hall–Kier alpha value is 1.05. The molecule has 0 bridgehead atoms. The zero-order chi connectivity index (χ0) is 9.11. The van der Waals surface area contributed by atoms with Gasteiger partial charge in [0.15, 0.2) is 0 Å². The van der Waals surface area contributed by atoms with Crippen molar-refractivity contribution in [1.82, 2.24) is 0 Å². The van der Waals surface area contributed by atoms with E-state index in [4.69, 9.17) is 0 Å². The minimum absolute atomic E-state index is 0.182. The summed E-state index contributed by atoms with van der Waals surface area (Å²) in [6, 6.07) is 0. The van der Waals surface area contributed by atoms with Crippen molar-refractivity contribution < 1.29 is 22.7 Å².